The number of halogens is 1. The van der Waals surface area contributed by atoms with Crippen LogP contribution in [-0.2, 0) is 4.79 Å². The van der Waals surface area contributed by atoms with Gasteiger partial charge in [-0.05, 0) is 69.3 Å². The fourth-order valence-corrected chi connectivity index (χ4v) is 2.53. The van der Waals surface area contributed by atoms with E-state index in [0.29, 0.717) is 35.1 Å². The van der Waals surface area contributed by atoms with Crippen molar-refractivity contribution >= 4 is 29.1 Å². The summed E-state index contributed by atoms with van der Waals surface area (Å²) in [5.74, 6) is 0.271. The van der Waals surface area contributed by atoms with Gasteiger partial charge in [0.05, 0.1) is 0 Å². The number of hydrogen-bond acceptors (Lipinski definition) is 3. The third-order valence-corrected chi connectivity index (χ3v) is 4.20. The molecular weight excluding hydrogens is 352 g/mol. The molecule has 2 amide bonds. The quantitative estimate of drug-likeness (QED) is 0.789. The molecule has 6 heteroatoms. The number of carbonyl (C=O) groups excluding carboxylic acids is 2. The molecule has 5 nitrogen and oxygen atoms in total. The highest BCUT2D eigenvalue weighted by molar-refractivity contribution is 6.30. The minimum absolute atomic E-state index is 0.0210. The number of carbonyl (C=O) groups is 2. The number of ether oxygens (including phenoxy) is 1. The van der Waals surface area contributed by atoms with Gasteiger partial charge in [-0.2, -0.15) is 0 Å². The lowest BCUT2D eigenvalue weighted by Crippen LogP contribution is -2.31. The van der Waals surface area contributed by atoms with Crippen molar-refractivity contribution in [3.63, 3.8) is 0 Å². The molecule has 26 heavy (non-hydrogen) atoms. The molecule has 0 fully saturated rings. The maximum Gasteiger partial charge on any atom is 0.265 e. The van der Waals surface area contributed by atoms with E-state index in [2.05, 4.69) is 5.32 Å². The Kier molecular flexibility index (Phi) is 7.04. The zero-order chi connectivity index (χ0) is 19.1. The summed E-state index contributed by atoms with van der Waals surface area (Å²) in [5.41, 5.74) is 1.20. The molecule has 0 aliphatic rings. The number of anilines is 1. The van der Waals surface area contributed by atoms with Crippen LogP contribution in [0.1, 0.15) is 31.1 Å². The van der Waals surface area contributed by atoms with Crippen molar-refractivity contribution in [1.29, 1.82) is 0 Å². The van der Waals surface area contributed by atoms with Crippen molar-refractivity contribution in [2.45, 2.75) is 26.9 Å². The highest BCUT2D eigenvalue weighted by atomic mass is 35.5. The molecule has 0 aromatic heterocycles. The summed E-state index contributed by atoms with van der Waals surface area (Å²) in [7, 11) is 0. The Bertz CT molecular complexity index is 741. The molecule has 0 aliphatic heterocycles. The number of nitrogens with one attached hydrogen (secondary N) is 1. The molecule has 1 N–H and O–H groups in total. The van der Waals surface area contributed by atoms with Crippen LogP contribution >= 0.6 is 11.6 Å². The minimum Gasteiger partial charge on any atom is -0.481 e. The molecule has 2 rings (SSSR count). The monoisotopic (exact) mass is 374 g/mol. The van der Waals surface area contributed by atoms with Crippen LogP contribution in [-0.4, -0.2) is 35.9 Å². The van der Waals surface area contributed by atoms with E-state index in [9.17, 15) is 9.59 Å². The van der Waals surface area contributed by atoms with E-state index in [1.165, 1.54) is 0 Å². The molecule has 0 bridgehead atoms. The lowest BCUT2D eigenvalue weighted by Gasteiger charge is -2.19. The first kappa shape index (κ1) is 19.8. The van der Waals surface area contributed by atoms with E-state index in [1.807, 2.05) is 13.8 Å². The lowest BCUT2D eigenvalue weighted by atomic mass is 10.1. The molecule has 138 valence electrons. The molecule has 0 radical (unpaired) electrons. The van der Waals surface area contributed by atoms with Gasteiger partial charge in [0.15, 0.2) is 6.10 Å². The third kappa shape index (κ3) is 5.23. The van der Waals surface area contributed by atoms with E-state index in [1.54, 1.807) is 60.4 Å². The molecule has 1 atom stereocenters. The lowest BCUT2D eigenvalue weighted by molar-refractivity contribution is -0.122. The summed E-state index contributed by atoms with van der Waals surface area (Å²) in [6.07, 6.45) is -0.673. The van der Waals surface area contributed by atoms with Crippen LogP contribution in [0.5, 0.6) is 5.75 Å². The molecule has 0 heterocycles. The number of benzene rings is 2. The molecule has 0 spiro atoms. The standard InChI is InChI=1S/C20H23ClN2O3/c1-4-23(5-2)20(25)15-6-10-17(11-7-15)22-19(24)14(3)26-18-12-8-16(21)9-13-18/h6-14H,4-5H2,1-3H3,(H,22,24)/t14-/m1/s1. The topological polar surface area (TPSA) is 58.6 Å². The van der Waals surface area contributed by atoms with Gasteiger partial charge in [0.25, 0.3) is 11.8 Å². The summed E-state index contributed by atoms with van der Waals surface area (Å²) in [5, 5.41) is 3.39. The van der Waals surface area contributed by atoms with Gasteiger partial charge in [0.1, 0.15) is 5.75 Å². The van der Waals surface area contributed by atoms with Gasteiger partial charge in [-0.15, -0.1) is 0 Å². The Morgan fingerprint density at radius 1 is 1.04 bits per heavy atom. The van der Waals surface area contributed by atoms with Crippen LogP contribution in [0.25, 0.3) is 0 Å². The summed E-state index contributed by atoms with van der Waals surface area (Å²) in [6, 6.07) is 13.7. The molecule has 2 aromatic rings. The number of hydrogen-bond donors (Lipinski definition) is 1. The third-order valence-electron chi connectivity index (χ3n) is 3.95. The highest BCUT2D eigenvalue weighted by Crippen LogP contribution is 2.18. The molecule has 0 unspecified atom stereocenters. The Labute approximate surface area is 158 Å². The average molecular weight is 375 g/mol. The van der Waals surface area contributed by atoms with Crippen molar-refractivity contribution in [3.05, 3.63) is 59.1 Å². The van der Waals surface area contributed by atoms with Crippen LogP contribution in [0.2, 0.25) is 5.02 Å². The van der Waals surface area contributed by atoms with Crippen LogP contribution in [0.3, 0.4) is 0 Å². The highest BCUT2D eigenvalue weighted by Gasteiger charge is 2.16. The number of nitrogens with zero attached hydrogens (tertiary/aromatic N) is 1. The van der Waals surface area contributed by atoms with E-state index < -0.39 is 6.10 Å². The second kappa shape index (κ2) is 9.25. The molecule has 0 aliphatic carbocycles. The van der Waals surface area contributed by atoms with Gasteiger partial charge in [-0.3, -0.25) is 9.59 Å². The number of amides is 2. The first-order valence-corrected chi connectivity index (χ1v) is 8.94. The average Bonchev–Trinajstić information content (AvgIpc) is 2.65. The summed E-state index contributed by atoms with van der Waals surface area (Å²) < 4.78 is 5.59. The van der Waals surface area contributed by atoms with Crippen LogP contribution < -0.4 is 10.1 Å². The Balaban J connectivity index is 1.96. The second-order valence-electron chi connectivity index (χ2n) is 5.76. The fraction of sp³-hybridized carbons (Fsp3) is 0.300. The zero-order valence-corrected chi connectivity index (χ0v) is 15.9. The smallest absolute Gasteiger partial charge is 0.265 e. The van der Waals surface area contributed by atoms with Crippen molar-refractivity contribution in [1.82, 2.24) is 4.90 Å². The zero-order valence-electron chi connectivity index (χ0n) is 15.2. The van der Waals surface area contributed by atoms with E-state index in [4.69, 9.17) is 16.3 Å². The van der Waals surface area contributed by atoms with E-state index in [-0.39, 0.29) is 11.8 Å². The Hall–Kier alpha value is -2.53. The first-order valence-electron chi connectivity index (χ1n) is 8.57. The predicted molar refractivity (Wildman–Crippen MR) is 104 cm³/mol. The Morgan fingerprint density at radius 3 is 2.15 bits per heavy atom. The van der Waals surface area contributed by atoms with Gasteiger partial charge >= 0.3 is 0 Å². The van der Waals surface area contributed by atoms with Gasteiger partial charge in [0.2, 0.25) is 0 Å². The predicted octanol–water partition coefficient (Wildman–Crippen LogP) is 4.23. The van der Waals surface area contributed by atoms with Gasteiger partial charge in [-0.25, -0.2) is 0 Å². The molecule has 0 saturated carbocycles. The number of rotatable bonds is 7. The van der Waals surface area contributed by atoms with Crippen molar-refractivity contribution in [3.8, 4) is 5.75 Å². The van der Waals surface area contributed by atoms with Crippen LogP contribution in [0.15, 0.2) is 48.5 Å². The fourth-order valence-electron chi connectivity index (χ4n) is 2.40. The molecule has 0 saturated heterocycles. The molecular formula is C20H23ClN2O3. The maximum absolute atomic E-state index is 12.3. The van der Waals surface area contributed by atoms with Crippen molar-refractivity contribution < 1.29 is 14.3 Å². The molecule has 2 aromatic carbocycles. The summed E-state index contributed by atoms with van der Waals surface area (Å²) >= 11 is 5.83. The SMILES string of the molecule is CCN(CC)C(=O)c1ccc(NC(=O)[C@@H](C)Oc2ccc(Cl)cc2)cc1. The van der Waals surface area contributed by atoms with Crippen LogP contribution in [0, 0.1) is 0 Å². The summed E-state index contributed by atoms with van der Waals surface area (Å²) in [6.45, 7) is 6.87. The maximum atomic E-state index is 12.3. The second-order valence-corrected chi connectivity index (χ2v) is 6.19. The first-order chi connectivity index (χ1) is 12.4. The largest absolute Gasteiger partial charge is 0.481 e. The van der Waals surface area contributed by atoms with E-state index in [0.717, 1.165) is 0 Å². The van der Waals surface area contributed by atoms with Crippen LogP contribution in [0.4, 0.5) is 5.69 Å². The Morgan fingerprint density at radius 2 is 1.62 bits per heavy atom. The van der Waals surface area contributed by atoms with Gasteiger partial charge in [0, 0.05) is 29.4 Å². The van der Waals surface area contributed by atoms with Gasteiger partial charge in [-0.1, -0.05) is 11.6 Å². The minimum atomic E-state index is -0.673. The normalized spacial score (nSPS) is 11.5. The van der Waals surface area contributed by atoms with Gasteiger partial charge < -0.3 is 15.0 Å². The summed E-state index contributed by atoms with van der Waals surface area (Å²) in [4.78, 5) is 26.3. The van der Waals surface area contributed by atoms with E-state index >= 15 is 0 Å². The van der Waals surface area contributed by atoms with Crippen molar-refractivity contribution in [2.24, 2.45) is 0 Å². The van der Waals surface area contributed by atoms with Crippen molar-refractivity contribution in [2.75, 3.05) is 18.4 Å².